The lowest BCUT2D eigenvalue weighted by atomic mass is 10.2. The van der Waals surface area contributed by atoms with Gasteiger partial charge in [-0.25, -0.2) is 4.68 Å². The molecule has 1 fully saturated rings. The van der Waals surface area contributed by atoms with Crippen LogP contribution in [0.1, 0.15) is 5.69 Å². The first-order valence-electron chi connectivity index (χ1n) is 6.90. The zero-order valence-electron chi connectivity index (χ0n) is 11.7. The van der Waals surface area contributed by atoms with Crippen LogP contribution in [0.2, 0.25) is 0 Å². The van der Waals surface area contributed by atoms with Crippen LogP contribution in [-0.4, -0.2) is 51.9 Å². The molecule has 1 atom stereocenters. The molecule has 0 bridgehead atoms. The van der Waals surface area contributed by atoms with Gasteiger partial charge in [-0.15, -0.1) is 5.10 Å². The summed E-state index contributed by atoms with van der Waals surface area (Å²) in [5.41, 5.74) is 1.49. The van der Waals surface area contributed by atoms with E-state index in [0.717, 1.165) is 5.69 Å². The number of para-hydroxylation sites is 1. The maximum Gasteiger partial charge on any atom is 0.415 e. The van der Waals surface area contributed by atoms with Crippen molar-refractivity contribution in [3.8, 4) is 5.69 Å². The summed E-state index contributed by atoms with van der Waals surface area (Å²) in [6, 6.07) is 9.42. The zero-order valence-corrected chi connectivity index (χ0v) is 11.7. The lowest BCUT2D eigenvalue weighted by molar-refractivity contribution is -0.237. The first-order chi connectivity index (χ1) is 10.5. The summed E-state index contributed by atoms with van der Waals surface area (Å²) in [6.07, 6.45) is -4.33. The van der Waals surface area contributed by atoms with E-state index in [2.05, 4.69) is 10.3 Å². The third kappa shape index (κ3) is 3.45. The van der Waals surface area contributed by atoms with Crippen molar-refractivity contribution in [3.63, 3.8) is 0 Å². The zero-order chi connectivity index (χ0) is 15.6. The van der Waals surface area contributed by atoms with Crippen molar-refractivity contribution in [2.24, 2.45) is 0 Å². The molecule has 118 valence electrons. The lowest BCUT2D eigenvalue weighted by Crippen LogP contribution is -2.48. The molecule has 1 aliphatic heterocycles. The van der Waals surface area contributed by atoms with Crippen LogP contribution in [-0.2, 0) is 11.3 Å². The molecule has 0 saturated carbocycles. The molecule has 0 N–H and O–H groups in total. The van der Waals surface area contributed by atoms with Crippen LogP contribution in [0.3, 0.4) is 0 Å². The fraction of sp³-hybridized carbons (Fsp3) is 0.429. The summed E-state index contributed by atoms with van der Waals surface area (Å²) in [7, 11) is 0. The second-order valence-electron chi connectivity index (χ2n) is 5.13. The van der Waals surface area contributed by atoms with Gasteiger partial charge in [0, 0.05) is 19.6 Å². The molecule has 0 radical (unpaired) electrons. The molecule has 1 aliphatic rings. The number of rotatable bonds is 3. The van der Waals surface area contributed by atoms with Gasteiger partial charge in [0.25, 0.3) is 0 Å². The molecule has 2 heterocycles. The number of halogens is 3. The number of morpholine rings is 1. The molecule has 3 rings (SSSR count). The van der Waals surface area contributed by atoms with Crippen molar-refractivity contribution >= 4 is 0 Å². The van der Waals surface area contributed by atoms with Crippen LogP contribution >= 0.6 is 0 Å². The quantitative estimate of drug-likeness (QED) is 0.870. The Balaban J connectivity index is 1.65. The molecule has 1 unspecified atom stereocenters. The Bertz CT molecular complexity index is 614. The second kappa shape index (κ2) is 6.05. The topological polar surface area (TPSA) is 43.2 Å². The Morgan fingerprint density at radius 1 is 1.23 bits per heavy atom. The Hall–Kier alpha value is -1.93. The molecule has 1 aromatic heterocycles. The third-order valence-electron chi connectivity index (χ3n) is 3.46. The highest BCUT2D eigenvalue weighted by Crippen LogP contribution is 2.26. The van der Waals surface area contributed by atoms with Gasteiger partial charge >= 0.3 is 6.18 Å². The molecule has 8 heteroatoms. The number of alkyl halides is 3. The normalized spacial score (nSPS) is 20.2. The van der Waals surface area contributed by atoms with Crippen LogP contribution in [0, 0.1) is 0 Å². The maximum atomic E-state index is 12.7. The van der Waals surface area contributed by atoms with E-state index in [1.54, 1.807) is 15.8 Å². The van der Waals surface area contributed by atoms with Crippen LogP contribution in [0.15, 0.2) is 36.5 Å². The molecular weight excluding hydrogens is 297 g/mol. The van der Waals surface area contributed by atoms with Gasteiger partial charge in [-0.3, -0.25) is 4.90 Å². The fourth-order valence-corrected chi connectivity index (χ4v) is 2.35. The highest BCUT2D eigenvalue weighted by atomic mass is 19.4. The minimum Gasteiger partial charge on any atom is -0.366 e. The monoisotopic (exact) mass is 312 g/mol. The van der Waals surface area contributed by atoms with Gasteiger partial charge in [-0.1, -0.05) is 23.4 Å². The minimum atomic E-state index is -4.33. The van der Waals surface area contributed by atoms with Crippen molar-refractivity contribution < 1.29 is 17.9 Å². The van der Waals surface area contributed by atoms with Crippen molar-refractivity contribution in [3.05, 3.63) is 42.2 Å². The molecule has 5 nitrogen and oxygen atoms in total. The van der Waals surface area contributed by atoms with Crippen LogP contribution in [0.25, 0.3) is 5.69 Å². The van der Waals surface area contributed by atoms with Gasteiger partial charge in [0.1, 0.15) is 0 Å². The number of ether oxygens (including phenoxy) is 1. The Kier molecular flexibility index (Phi) is 4.12. The average Bonchev–Trinajstić information content (AvgIpc) is 2.96. The molecule has 2 aromatic rings. The smallest absolute Gasteiger partial charge is 0.366 e. The molecule has 0 amide bonds. The number of aromatic nitrogens is 3. The Morgan fingerprint density at radius 3 is 2.73 bits per heavy atom. The SMILES string of the molecule is FC(F)(F)C1CN(Cc2cn(-c3ccccc3)nn2)CCO1. The summed E-state index contributed by atoms with van der Waals surface area (Å²) in [5.74, 6) is 0. The first-order valence-corrected chi connectivity index (χ1v) is 6.90. The summed E-state index contributed by atoms with van der Waals surface area (Å²) in [4.78, 5) is 1.68. The second-order valence-corrected chi connectivity index (χ2v) is 5.13. The molecule has 1 saturated heterocycles. The number of benzene rings is 1. The molecule has 1 aromatic carbocycles. The van der Waals surface area contributed by atoms with Gasteiger partial charge in [-0.05, 0) is 12.1 Å². The average molecular weight is 312 g/mol. The van der Waals surface area contributed by atoms with E-state index in [4.69, 9.17) is 4.74 Å². The first kappa shape index (κ1) is 15.0. The predicted molar refractivity (Wildman–Crippen MR) is 72.4 cm³/mol. The number of nitrogens with zero attached hydrogens (tertiary/aromatic N) is 4. The van der Waals surface area contributed by atoms with Crippen LogP contribution < -0.4 is 0 Å². The Labute approximate surface area is 125 Å². The van der Waals surface area contributed by atoms with E-state index >= 15 is 0 Å². The molecular formula is C14H15F3N4O. The van der Waals surface area contributed by atoms with E-state index < -0.39 is 12.3 Å². The predicted octanol–water partition coefficient (Wildman–Crippen LogP) is 2.03. The number of hydrogen-bond acceptors (Lipinski definition) is 4. The summed E-state index contributed by atoms with van der Waals surface area (Å²) in [5, 5.41) is 8.03. The standard InChI is InChI=1S/C14H15F3N4O/c15-14(16,17)13-10-20(6-7-22-13)8-11-9-21(19-18-11)12-4-2-1-3-5-12/h1-5,9,13H,6-8,10H2. The third-order valence-corrected chi connectivity index (χ3v) is 3.46. The maximum absolute atomic E-state index is 12.7. The molecule has 0 aliphatic carbocycles. The van der Waals surface area contributed by atoms with Crippen molar-refractivity contribution in [2.75, 3.05) is 19.7 Å². The van der Waals surface area contributed by atoms with Gasteiger partial charge in [-0.2, -0.15) is 13.2 Å². The Morgan fingerprint density at radius 2 is 2.00 bits per heavy atom. The van der Waals surface area contributed by atoms with E-state index in [1.807, 2.05) is 30.3 Å². The summed E-state index contributed by atoms with van der Waals surface area (Å²) >= 11 is 0. The van der Waals surface area contributed by atoms with E-state index in [0.29, 0.717) is 18.8 Å². The van der Waals surface area contributed by atoms with Crippen molar-refractivity contribution in [1.29, 1.82) is 0 Å². The van der Waals surface area contributed by atoms with Crippen molar-refractivity contribution in [2.45, 2.75) is 18.8 Å². The summed E-state index contributed by atoms with van der Waals surface area (Å²) < 4.78 is 44.5. The van der Waals surface area contributed by atoms with E-state index in [1.165, 1.54) is 0 Å². The molecule has 22 heavy (non-hydrogen) atoms. The van der Waals surface area contributed by atoms with Gasteiger partial charge in [0.15, 0.2) is 6.10 Å². The summed E-state index contributed by atoms with van der Waals surface area (Å²) in [6.45, 7) is 0.659. The van der Waals surface area contributed by atoms with Crippen LogP contribution in [0.5, 0.6) is 0 Å². The highest BCUT2D eigenvalue weighted by molar-refractivity contribution is 5.29. The van der Waals surface area contributed by atoms with E-state index in [-0.39, 0.29) is 13.2 Å². The molecule has 0 spiro atoms. The highest BCUT2D eigenvalue weighted by Gasteiger charge is 2.43. The fourth-order valence-electron chi connectivity index (χ4n) is 2.35. The van der Waals surface area contributed by atoms with Gasteiger partial charge in [0.2, 0.25) is 0 Å². The van der Waals surface area contributed by atoms with Crippen molar-refractivity contribution in [1.82, 2.24) is 19.9 Å². The van der Waals surface area contributed by atoms with Crippen LogP contribution in [0.4, 0.5) is 13.2 Å². The largest absolute Gasteiger partial charge is 0.415 e. The van der Waals surface area contributed by atoms with E-state index in [9.17, 15) is 13.2 Å². The minimum absolute atomic E-state index is 0.0665. The van der Waals surface area contributed by atoms with Gasteiger partial charge in [0.05, 0.1) is 24.2 Å². The lowest BCUT2D eigenvalue weighted by Gasteiger charge is -2.33. The van der Waals surface area contributed by atoms with Gasteiger partial charge < -0.3 is 4.74 Å². The number of hydrogen-bond donors (Lipinski definition) is 0.